The predicted octanol–water partition coefficient (Wildman–Crippen LogP) is 0.997. The number of carbonyl (C=O) groups is 1. The Bertz CT molecular complexity index is 251. The van der Waals surface area contributed by atoms with Crippen LogP contribution in [0.4, 0.5) is 0 Å². The second-order valence-electron chi connectivity index (χ2n) is 5.04. The van der Waals surface area contributed by atoms with Gasteiger partial charge in [0, 0.05) is 12.6 Å². The first-order chi connectivity index (χ1) is 7.41. The molecular formula is C12H24N2O2. The highest BCUT2D eigenvalue weighted by molar-refractivity contribution is 5.82. The summed E-state index contributed by atoms with van der Waals surface area (Å²) >= 11 is 0. The van der Waals surface area contributed by atoms with Crippen LogP contribution in [0, 0.1) is 5.92 Å². The predicted molar refractivity (Wildman–Crippen MR) is 64.0 cm³/mol. The molecule has 94 valence electrons. The summed E-state index contributed by atoms with van der Waals surface area (Å²) in [5.41, 5.74) is 5.44. The molecular weight excluding hydrogens is 204 g/mol. The summed E-state index contributed by atoms with van der Waals surface area (Å²) in [5.74, 6) is 0.0535. The SMILES string of the molecule is CCOC(=O)C(N)(CN(C)C(C)C)C1CC1. The van der Waals surface area contributed by atoms with E-state index in [1.165, 1.54) is 0 Å². The molecule has 1 fully saturated rings. The first-order valence-electron chi connectivity index (χ1n) is 6.08. The summed E-state index contributed by atoms with van der Waals surface area (Å²) < 4.78 is 5.10. The molecule has 0 radical (unpaired) electrons. The van der Waals surface area contributed by atoms with Crippen LogP contribution in [0.2, 0.25) is 0 Å². The number of nitrogens with zero attached hydrogens (tertiary/aromatic N) is 1. The van der Waals surface area contributed by atoms with Crippen LogP contribution in [0.25, 0.3) is 0 Å². The third kappa shape index (κ3) is 2.95. The lowest BCUT2D eigenvalue weighted by molar-refractivity contribution is -0.151. The first-order valence-corrected chi connectivity index (χ1v) is 6.08. The molecule has 0 heterocycles. The van der Waals surface area contributed by atoms with Crippen molar-refractivity contribution >= 4 is 5.97 Å². The number of nitrogens with two attached hydrogens (primary N) is 1. The number of carbonyl (C=O) groups excluding carboxylic acids is 1. The van der Waals surface area contributed by atoms with Gasteiger partial charge < -0.3 is 15.4 Å². The summed E-state index contributed by atoms with van der Waals surface area (Å²) in [6.07, 6.45) is 2.09. The zero-order chi connectivity index (χ0) is 12.3. The number of hydrogen-bond donors (Lipinski definition) is 1. The molecule has 1 aliphatic carbocycles. The van der Waals surface area contributed by atoms with Crippen molar-refractivity contribution in [3.63, 3.8) is 0 Å². The third-order valence-corrected chi connectivity index (χ3v) is 3.35. The summed E-state index contributed by atoms with van der Waals surface area (Å²) in [4.78, 5) is 14.0. The van der Waals surface area contributed by atoms with Gasteiger partial charge in [0.05, 0.1) is 6.61 Å². The number of ether oxygens (including phenoxy) is 1. The normalized spacial score (nSPS) is 19.9. The average Bonchev–Trinajstić information content (AvgIpc) is 3.00. The lowest BCUT2D eigenvalue weighted by Gasteiger charge is -2.33. The maximum Gasteiger partial charge on any atom is 0.327 e. The largest absolute Gasteiger partial charge is 0.465 e. The molecule has 0 bridgehead atoms. The molecule has 0 aromatic rings. The van der Waals surface area contributed by atoms with Crippen LogP contribution in [-0.4, -0.2) is 42.6 Å². The van der Waals surface area contributed by atoms with Gasteiger partial charge in [-0.05, 0) is 46.6 Å². The molecule has 0 aromatic carbocycles. The fourth-order valence-corrected chi connectivity index (χ4v) is 1.82. The minimum Gasteiger partial charge on any atom is -0.465 e. The number of esters is 1. The molecule has 1 aliphatic rings. The minimum absolute atomic E-state index is 0.245. The highest BCUT2D eigenvalue weighted by atomic mass is 16.5. The Balaban J connectivity index is 2.68. The molecule has 4 nitrogen and oxygen atoms in total. The molecule has 4 heteroatoms. The van der Waals surface area contributed by atoms with E-state index < -0.39 is 5.54 Å². The number of hydrogen-bond acceptors (Lipinski definition) is 4. The van der Waals surface area contributed by atoms with Gasteiger partial charge in [-0.15, -0.1) is 0 Å². The van der Waals surface area contributed by atoms with Crippen molar-refractivity contribution in [2.24, 2.45) is 11.7 Å². The van der Waals surface area contributed by atoms with E-state index in [2.05, 4.69) is 18.7 Å². The number of likely N-dealkylation sites (N-methyl/N-ethyl adjacent to an activating group) is 1. The van der Waals surface area contributed by atoms with Crippen LogP contribution >= 0.6 is 0 Å². The van der Waals surface area contributed by atoms with Gasteiger partial charge in [0.1, 0.15) is 5.54 Å². The molecule has 1 unspecified atom stereocenters. The second-order valence-corrected chi connectivity index (χ2v) is 5.04. The second kappa shape index (κ2) is 5.15. The van der Waals surface area contributed by atoms with Crippen molar-refractivity contribution in [2.75, 3.05) is 20.2 Å². The Kier molecular flexibility index (Phi) is 4.33. The van der Waals surface area contributed by atoms with Gasteiger partial charge in [0.2, 0.25) is 0 Å². The monoisotopic (exact) mass is 228 g/mol. The van der Waals surface area contributed by atoms with Crippen LogP contribution < -0.4 is 5.73 Å². The zero-order valence-electron chi connectivity index (χ0n) is 10.8. The van der Waals surface area contributed by atoms with Crippen LogP contribution in [0.5, 0.6) is 0 Å². The average molecular weight is 228 g/mol. The van der Waals surface area contributed by atoms with Crippen molar-refractivity contribution in [3.8, 4) is 0 Å². The lowest BCUT2D eigenvalue weighted by atomic mass is 9.93. The van der Waals surface area contributed by atoms with Gasteiger partial charge in [-0.25, -0.2) is 4.79 Å². The summed E-state index contributed by atoms with van der Waals surface area (Å²) in [5, 5.41) is 0. The van der Waals surface area contributed by atoms with Crippen LogP contribution in [-0.2, 0) is 9.53 Å². The Hall–Kier alpha value is -0.610. The lowest BCUT2D eigenvalue weighted by Crippen LogP contribution is -2.59. The fourth-order valence-electron chi connectivity index (χ4n) is 1.82. The van der Waals surface area contributed by atoms with E-state index in [9.17, 15) is 4.79 Å². The Morgan fingerprint density at radius 2 is 2.12 bits per heavy atom. The molecule has 2 N–H and O–H groups in total. The molecule has 0 aromatic heterocycles. The minimum atomic E-state index is -0.810. The van der Waals surface area contributed by atoms with Crippen molar-refractivity contribution in [3.05, 3.63) is 0 Å². The van der Waals surface area contributed by atoms with E-state index in [1.807, 2.05) is 14.0 Å². The topological polar surface area (TPSA) is 55.6 Å². The van der Waals surface area contributed by atoms with Crippen molar-refractivity contribution in [1.29, 1.82) is 0 Å². The summed E-state index contributed by atoms with van der Waals surface area (Å²) in [6.45, 7) is 6.98. The van der Waals surface area contributed by atoms with E-state index in [4.69, 9.17) is 10.5 Å². The fraction of sp³-hybridized carbons (Fsp3) is 0.917. The van der Waals surface area contributed by atoms with Crippen LogP contribution in [0.1, 0.15) is 33.6 Å². The van der Waals surface area contributed by atoms with E-state index >= 15 is 0 Å². The quantitative estimate of drug-likeness (QED) is 0.689. The summed E-state index contributed by atoms with van der Waals surface area (Å²) in [7, 11) is 1.99. The highest BCUT2D eigenvalue weighted by Gasteiger charge is 2.49. The smallest absolute Gasteiger partial charge is 0.327 e. The molecule has 0 aliphatic heterocycles. The third-order valence-electron chi connectivity index (χ3n) is 3.35. The van der Waals surface area contributed by atoms with Gasteiger partial charge in [0.25, 0.3) is 0 Å². The molecule has 1 saturated carbocycles. The van der Waals surface area contributed by atoms with Gasteiger partial charge in [-0.2, -0.15) is 0 Å². The summed E-state index contributed by atoms with van der Waals surface area (Å²) in [6, 6.07) is 0.385. The Morgan fingerprint density at radius 1 is 1.56 bits per heavy atom. The van der Waals surface area contributed by atoms with Crippen LogP contribution in [0.15, 0.2) is 0 Å². The maximum atomic E-state index is 11.9. The zero-order valence-corrected chi connectivity index (χ0v) is 10.8. The first kappa shape index (κ1) is 13.5. The molecule has 1 rings (SSSR count). The van der Waals surface area contributed by atoms with Gasteiger partial charge in [-0.1, -0.05) is 0 Å². The standard InChI is InChI=1S/C12H24N2O2/c1-5-16-11(15)12(13,10-6-7-10)8-14(4)9(2)3/h9-10H,5-8,13H2,1-4H3. The van der Waals surface area contributed by atoms with Crippen molar-refractivity contribution in [2.45, 2.75) is 45.2 Å². The highest BCUT2D eigenvalue weighted by Crippen LogP contribution is 2.39. The van der Waals surface area contributed by atoms with Gasteiger partial charge in [0.15, 0.2) is 0 Å². The van der Waals surface area contributed by atoms with Crippen molar-refractivity contribution in [1.82, 2.24) is 4.90 Å². The van der Waals surface area contributed by atoms with E-state index in [0.717, 1.165) is 12.8 Å². The van der Waals surface area contributed by atoms with E-state index in [0.29, 0.717) is 25.1 Å². The molecule has 0 spiro atoms. The molecule has 0 amide bonds. The van der Waals surface area contributed by atoms with Crippen molar-refractivity contribution < 1.29 is 9.53 Å². The van der Waals surface area contributed by atoms with E-state index in [-0.39, 0.29) is 5.97 Å². The van der Waals surface area contributed by atoms with E-state index in [1.54, 1.807) is 0 Å². The maximum absolute atomic E-state index is 11.9. The molecule has 1 atom stereocenters. The van der Waals surface area contributed by atoms with Gasteiger partial charge in [-0.3, -0.25) is 0 Å². The molecule has 16 heavy (non-hydrogen) atoms. The molecule has 0 saturated heterocycles. The number of rotatable bonds is 6. The Labute approximate surface area is 98.1 Å². The van der Waals surface area contributed by atoms with Gasteiger partial charge >= 0.3 is 5.97 Å². The Morgan fingerprint density at radius 3 is 2.50 bits per heavy atom. The van der Waals surface area contributed by atoms with Crippen LogP contribution in [0.3, 0.4) is 0 Å².